The van der Waals surface area contributed by atoms with Gasteiger partial charge in [0.2, 0.25) is 0 Å². The topological polar surface area (TPSA) is 101 Å². The van der Waals surface area contributed by atoms with Gasteiger partial charge in [-0.05, 0) is 31.5 Å². The summed E-state index contributed by atoms with van der Waals surface area (Å²) in [6, 6.07) is 10.5. The number of fused-ring (bicyclic) bond motifs is 1. The highest BCUT2D eigenvalue weighted by atomic mass is 16.5. The van der Waals surface area contributed by atoms with Crippen LogP contribution < -0.4 is 10.2 Å². The molecule has 3 rings (SSSR count). The molecule has 0 spiro atoms. The third kappa shape index (κ3) is 3.25. The molecule has 1 aliphatic heterocycles. The number of rotatable bonds is 5. The summed E-state index contributed by atoms with van der Waals surface area (Å²) in [5, 5.41) is 30.9. The van der Waals surface area contributed by atoms with E-state index in [9.17, 15) is 10.5 Å². The first-order valence-electron chi connectivity index (χ1n) is 8.68. The smallest absolute Gasteiger partial charge is 0.158 e. The predicted molar refractivity (Wildman–Crippen MR) is 104 cm³/mol. The standard InChI is InChI=1S/C20H22N6O/c1-12-16(10-21)19(17(11-22)13(2)23-12)14-5-6-18-15(9-14)20(25-24-18)26(3)7-8-27-4/h5-6,9,19,23H,7-8H2,1-4H3,(H,24,25). The number of anilines is 1. The minimum atomic E-state index is -0.377. The Hall–Kier alpha value is -3.29. The molecular formula is C20H22N6O. The number of hydrogen-bond donors (Lipinski definition) is 2. The van der Waals surface area contributed by atoms with Gasteiger partial charge < -0.3 is 15.0 Å². The van der Waals surface area contributed by atoms with Crippen LogP contribution in [0.4, 0.5) is 5.82 Å². The van der Waals surface area contributed by atoms with Crippen LogP contribution in [0.3, 0.4) is 0 Å². The zero-order valence-electron chi connectivity index (χ0n) is 15.9. The van der Waals surface area contributed by atoms with Crippen molar-refractivity contribution in [3.63, 3.8) is 0 Å². The summed E-state index contributed by atoms with van der Waals surface area (Å²) in [6.45, 7) is 5.03. The van der Waals surface area contributed by atoms with Gasteiger partial charge in [-0.1, -0.05) is 6.07 Å². The average Bonchev–Trinajstić information content (AvgIpc) is 3.08. The molecule has 0 bridgehead atoms. The van der Waals surface area contributed by atoms with Crippen molar-refractivity contribution in [1.29, 1.82) is 10.5 Å². The van der Waals surface area contributed by atoms with E-state index in [1.165, 1.54) is 0 Å². The molecule has 0 unspecified atom stereocenters. The Labute approximate surface area is 158 Å². The largest absolute Gasteiger partial charge is 0.383 e. The number of nitriles is 2. The van der Waals surface area contributed by atoms with Crippen LogP contribution in [0.15, 0.2) is 40.7 Å². The number of hydrogen-bond acceptors (Lipinski definition) is 6. The van der Waals surface area contributed by atoms with Gasteiger partial charge in [0.1, 0.15) is 0 Å². The second kappa shape index (κ2) is 7.53. The quantitative estimate of drug-likeness (QED) is 0.848. The van der Waals surface area contributed by atoms with E-state index in [0.29, 0.717) is 24.3 Å². The number of aromatic nitrogens is 2. The van der Waals surface area contributed by atoms with Gasteiger partial charge in [0.05, 0.1) is 41.3 Å². The first-order chi connectivity index (χ1) is 13.0. The molecule has 1 aromatic heterocycles. The minimum absolute atomic E-state index is 0.377. The van der Waals surface area contributed by atoms with Gasteiger partial charge >= 0.3 is 0 Å². The van der Waals surface area contributed by atoms with Gasteiger partial charge in [-0.25, -0.2) is 0 Å². The fraction of sp³-hybridized carbons (Fsp3) is 0.350. The van der Waals surface area contributed by atoms with E-state index in [-0.39, 0.29) is 5.92 Å². The molecule has 138 valence electrons. The fourth-order valence-corrected chi connectivity index (χ4v) is 3.45. The Morgan fingerprint density at radius 2 is 1.85 bits per heavy atom. The van der Waals surface area contributed by atoms with Crippen LogP contribution in [0, 0.1) is 22.7 Å². The summed E-state index contributed by atoms with van der Waals surface area (Å²) in [7, 11) is 3.63. The van der Waals surface area contributed by atoms with Crippen LogP contribution in [-0.2, 0) is 4.74 Å². The molecule has 7 heteroatoms. The molecule has 0 radical (unpaired) electrons. The van der Waals surface area contributed by atoms with Gasteiger partial charge in [-0.2, -0.15) is 15.6 Å². The van der Waals surface area contributed by atoms with Crippen molar-refractivity contribution in [3.05, 3.63) is 46.3 Å². The molecule has 0 fully saturated rings. The second-order valence-corrected chi connectivity index (χ2v) is 6.63. The predicted octanol–water partition coefficient (Wildman–Crippen LogP) is 2.93. The van der Waals surface area contributed by atoms with Crippen LogP contribution in [0.25, 0.3) is 10.9 Å². The lowest BCUT2D eigenvalue weighted by molar-refractivity contribution is 0.206. The lowest BCUT2D eigenvalue weighted by atomic mass is 9.81. The molecule has 2 N–H and O–H groups in total. The van der Waals surface area contributed by atoms with Crippen LogP contribution in [0.2, 0.25) is 0 Å². The number of ether oxygens (including phenoxy) is 1. The average molecular weight is 362 g/mol. The zero-order chi connectivity index (χ0) is 19.6. The highest BCUT2D eigenvalue weighted by Crippen LogP contribution is 2.39. The molecule has 1 aliphatic rings. The summed E-state index contributed by atoms with van der Waals surface area (Å²) in [5.74, 6) is 0.439. The number of benzene rings is 1. The second-order valence-electron chi connectivity index (χ2n) is 6.63. The number of allylic oxidation sites excluding steroid dienone is 4. The van der Waals surface area contributed by atoms with Gasteiger partial charge in [-0.15, -0.1) is 0 Å². The monoisotopic (exact) mass is 362 g/mol. The van der Waals surface area contributed by atoms with E-state index in [4.69, 9.17) is 4.74 Å². The van der Waals surface area contributed by atoms with Crippen molar-refractivity contribution in [2.45, 2.75) is 19.8 Å². The Balaban J connectivity index is 2.12. The molecule has 0 saturated heterocycles. The Morgan fingerprint density at radius 1 is 1.19 bits per heavy atom. The highest BCUT2D eigenvalue weighted by molar-refractivity contribution is 5.91. The van der Waals surface area contributed by atoms with Gasteiger partial charge in [0.15, 0.2) is 5.82 Å². The molecule has 7 nitrogen and oxygen atoms in total. The van der Waals surface area contributed by atoms with Crippen molar-refractivity contribution in [1.82, 2.24) is 15.5 Å². The summed E-state index contributed by atoms with van der Waals surface area (Å²) in [4.78, 5) is 2.02. The summed E-state index contributed by atoms with van der Waals surface area (Å²) in [6.07, 6.45) is 0. The maximum absolute atomic E-state index is 9.69. The Kier molecular flexibility index (Phi) is 5.16. The molecule has 0 amide bonds. The van der Waals surface area contributed by atoms with Crippen molar-refractivity contribution >= 4 is 16.7 Å². The number of H-pyrrole nitrogens is 1. The number of nitrogens with zero attached hydrogens (tertiary/aromatic N) is 4. The first-order valence-corrected chi connectivity index (χ1v) is 8.68. The molecule has 2 aromatic rings. The van der Waals surface area contributed by atoms with Crippen LogP contribution in [0.5, 0.6) is 0 Å². The Bertz CT molecular complexity index is 981. The zero-order valence-corrected chi connectivity index (χ0v) is 15.9. The molecular weight excluding hydrogens is 340 g/mol. The molecule has 0 saturated carbocycles. The summed E-state index contributed by atoms with van der Waals surface area (Å²) >= 11 is 0. The fourth-order valence-electron chi connectivity index (χ4n) is 3.45. The number of aromatic amines is 1. The van der Waals surface area contributed by atoms with Crippen molar-refractivity contribution in [3.8, 4) is 12.1 Å². The molecule has 0 atom stereocenters. The number of methoxy groups -OCH3 is 1. The third-order valence-corrected chi connectivity index (χ3v) is 4.89. The molecule has 2 heterocycles. The van der Waals surface area contributed by atoms with Crippen molar-refractivity contribution < 1.29 is 4.74 Å². The summed E-state index contributed by atoms with van der Waals surface area (Å²) < 4.78 is 5.15. The van der Waals surface area contributed by atoms with E-state index >= 15 is 0 Å². The van der Waals surface area contributed by atoms with Crippen molar-refractivity contribution in [2.24, 2.45) is 0 Å². The van der Waals surface area contributed by atoms with Crippen LogP contribution in [0.1, 0.15) is 25.3 Å². The molecule has 0 aliphatic carbocycles. The number of likely N-dealkylation sites (N-methyl/N-ethyl adjacent to an activating group) is 1. The van der Waals surface area contributed by atoms with Crippen LogP contribution in [-0.4, -0.2) is 37.5 Å². The minimum Gasteiger partial charge on any atom is -0.383 e. The lowest BCUT2D eigenvalue weighted by Crippen LogP contribution is -2.23. The maximum Gasteiger partial charge on any atom is 0.158 e. The summed E-state index contributed by atoms with van der Waals surface area (Å²) in [5.41, 5.74) is 4.50. The van der Waals surface area contributed by atoms with E-state index in [1.54, 1.807) is 7.11 Å². The lowest BCUT2D eigenvalue weighted by Gasteiger charge is -2.26. The molecule has 27 heavy (non-hydrogen) atoms. The third-order valence-electron chi connectivity index (χ3n) is 4.89. The Morgan fingerprint density at radius 3 is 2.44 bits per heavy atom. The van der Waals surface area contributed by atoms with Crippen LogP contribution >= 0.6 is 0 Å². The van der Waals surface area contributed by atoms with E-state index < -0.39 is 0 Å². The van der Waals surface area contributed by atoms with E-state index in [0.717, 1.165) is 33.7 Å². The maximum atomic E-state index is 9.69. The van der Waals surface area contributed by atoms with Gasteiger partial charge in [0.25, 0.3) is 0 Å². The first kappa shape index (κ1) is 18.5. The normalized spacial score (nSPS) is 14.9. The molecule has 1 aromatic carbocycles. The SMILES string of the molecule is COCCN(C)c1n[nH]c2ccc(C3C(C#N)=C(C)NC(C)=C3C#N)cc12. The van der Waals surface area contributed by atoms with Gasteiger partial charge in [0, 0.05) is 37.5 Å². The van der Waals surface area contributed by atoms with Crippen molar-refractivity contribution in [2.75, 3.05) is 32.2 Å². The number of nitrogens with one attached hydrogen (secondary N) is 2. The van der Waals surface area contributed by atoms with E-state index in [1.807, 2.05) is 44.0 Å². The van der Waals surface area contributed by atoms with Gasteiger partial charge in [-0.3, -0.25) is 5.10 Å². The highest BCUT2D eigenvalue weighted by Gasteiger charge is 2.29. The van der Waals surface area contributed by atoms with E-state index in [2.05, 4.69) is 27.7 Å². The number of dihydropyridines is 1.